The molecule has 1 saturated carbocycles. The number of anilines is 1. The van der Waals surface area contributed by atoms with Crippen LogP contribution >= 0.6 is 0 Å². The first-order valence-electron chi connectivity index (χ1n) is 7.10. The van der Waals surface area contributed by atoms with Crippen molar-refractivity contribution < 1.29 is 14.4 Å². The van der Waals surface area contributed by atoms with Crippen molar-refractivity contribution in [2.75, 3.05) is 11.9 Å². The second-order valence-corrected chi connectivity index (χ2v) is 6.70. The molecule has 0 saturated heterocycles. The van der Waals surface area contributed by atoms with E-state index < -0.39 is 16.3 Å². The van der Waals surface area contributed by atoms with Crippen LogP contribution in [-0.4, -0.2) is 22.2 Å². The van der Waals surface area contributed by atoms with Crippen LogP contribution in [0.4, 0.5) is 15.8 Å². The van der Waals surface area contributed by atoms with Crippen LogP contribution in [0.1, 0.15) is 39.5 Å². The zero-order valence-corrected chi connectivity index (χ0v) is 12.4. The predicted molar refractivity (Wildman–Crippen MR) is 78.7 cm³/mol. The Labute approximate surface area is 123 Å². The molecule has 1 fully saturated rings. The normalized spacial score (nSPS) is 20.0. The molecule has 0 atom stereocenters. The van der Waals surface area contributed by atoms with E-state index in [1.165, 1.54) is 12.1 Å². The summed E-state index contributed by atoms with van der Waals surface area (Å²) in [7, 11) is 0. The van der Waals surface area contributed by atoms with E-state index in [4.69, 9.17) is 0 Å². The Morgan fingerprint density at radius 3 is 2.48 bits per heavy atom. The molecule has 0 spiro atoms. The summed E-state index contributed by atoms with van der Waals surface area (Å²) in [5, 5.41) is 24.2. The van der Waals surface area contributed by atoms with Gasteiger partial charge in [0.05, 0.1) is 16.6 Å². The van der Waals surface area contributed by atoms with Crippen molar-refractivity contribution in [2.24, 2.45) is 5.41 Å². The molecule has 2 N–H and O–H groups in total. The van der Waals surface area contributed by atoms with Crippen LogP contribution in [0, 0.1) is 21.3 Å². The van der Waals surface area contributed by atoms with E-state index in [0.29, 0.717) is 18.5 Å². The zero-order valence-electron chi connectivity index (χ0n) is 12.4. The Hall–Kier alpha value is -1.69. The molecule has 116 valence electrons. The number of nitro groups is 1. The fraction of sp³-hybridized carbons (Fsp3) is 0.600. The first-order chi connectivity index (χ1) is 9.69. The molecule has 6 heteroatoms. The summed E-state index contributed by atoms with van der Waals surface area (Å²) in [6.07, 6.45) is 3.19. The third-order valence-corrected chi connectivity index (χ3v) is 4.25. The van der Waals surface area contributed by atoms with E-state index in [9.17, 15) is 19.6 Å². The number of nitro benzene ring substituents is 1. The van der Waals surface area contributed by atoms with Gasteiger partial charge in [-0.15, -0.1) is 0 Å². The lowest BCUT2D eigenvalue weighted by Gasteiger charge is -2.40. The highest BCUT2D eigenvalue weighted by atomic mass is 19.1. The van der Waals surface area contributed by atoms with Gasteiger partial charge in [0.25, 0.3) is 5.69 Å². The molecule has 0 amide bonds. The molecule has 1 aromatic rings. The van der Waals surface area contributed by atoms with Crippen LogP contribution in [0.2, 0.25) is 0 Å². The van der Waals surface area contributed by atoms with Crippen molar-refractivity contribution in [1.29, 1.82) is 0 Å². The molecule has 1 aliphatic carbocycles. The summed E-state index contributed by atoms with van der Waals surface area (Å²) >= 11 is 0. The van der Waals surface area contributed by atoms with Gasteiger partial charge < -0.3 is 10.4 Å². The molecular formula is C15H21FN2O3. The second kappa shape index (κ2) is 5.60. The molecule has 0 aromatic heterocycles. The lowest BCUT2D eigenvalue weighted by atomic mass is 9.71. The van der Waals surface area contributed by atoms with Crippen LogP contribution in [0.15, 0.2) is 18.2 Å². The van der Waals surface area contributed by atoms with E-state index in [-0.39, 0.29) is 17.6 Å². The average Bonchev–Trinajstić information content (AvgIpc) is 2.40. The summed E-state index contributed by atoms with van der Waals surface area (Å²) in [5.41, 5.74) is -0.574. The van der Waals surface area contributed by atoms with Crippen molar-refractivity contribution in [2.45, 2.75) is 45.1 Å². The summed E-state index contributed by atoms with van der Waals surface area (Å²) < 4.78 is 13.3. The van der Waals surface area contributed by atoms with Crippen molar-refractivity contribution in [3.63, 3.8) is 0 Å². The molecule has 5 nitrogen and oxygen atoms in total. The van der Waals surface area contributed by atoms with Gasteiger partial charge in [-0.3, -0.25) is 10.1 Å². The topological polar surface area (TPSA) is 75.4 Å². The van der Waals surface area contributed by atoms with Gasteiger partial charge in [-0.05, 0) is 37.2 Å². The third-order valence-electron chi connectivity index (χ3n) is 4.25. The van der Waals surface area contributed by atoms with Crippen molar-refractivity contribution in [3.05, 3.63) is 34.1 Å². The maximum absolute atomic E-state index is 13.3. The van der Waals surface area contributed by atoms with E-state index in [0.717, 1.165) is 18.9 Å². The molecular weight excluding hydrogens is 275 g/mol. The van der Waals surface area contributed by atoms with Gasteiger partial charge in [-0.25, -0.2) is 4.39 Å². The first kappa shape index (κ1) is 15.7. The minimum Gasteiger partial charge on any atom is -0.388 e. The first-order valence-corrected chi connectivity index (χ1v) is 7.10. The highest BCUT2D eigenvalue weighted by Gasteiger charge is 2.36. The Balaban J connectivity index is 2.01. The van der Waals surface area contributed by atoms with Crippen LogP contribution in [0.25, 0.3) is 0 Å². The SMILES string of the molecule is CC1(C)CCC(O)(CNc2cc(F)cc([N+](=O)[O-])c2)CC1. The second-order valence-electron chi connectivity index (χ2n) is 6.70. The molecule has 1 aliphatic rings. The fourth-order valence-electron chi connectivity index (χ4n) is 2.62. The smallest absolute Gasteiger partial charge is 0.274 e. The van der Waals surface area contributed by atoms with E-state index in [2.05, 4.69) is 19.2 Å². The Morgan fingerprint density at radius 1 is 1.29 bits per heavy atom. The van der Waals surface area contributed by atoms with E-state index in [1.807, 2.05) is 0 Å². The Bertz CT molecular complexity index is 536. The maximum atomic E-state index is 13.3. The standard InChI is InChI=1S/C15H21FN2O3/c1-14(2)3-5-15(19,6-4-14)10-17-12-7-11(16)8-13(9-12)18(20)21/h7-9,17,19H,3-6,10H2,1-2H3. The minimum absolute atomic E-state index is 0.240. The zero-order chi connectivity index (χ0) is 15.7. The number of rotatable bonds is 4. The van der Waals surface area contributed by atoms with Gasteiger partial charge in [-0.2, -0.15) is 0 Å². The summed E-state index contributed by atoms with van der Waals surface area (Å²) in [6.45, 7) is 4.62. The largest absolute Gasteiger partial charge is 0.388 e. The van der Waals surface area contributed by atoms with Crippen LogP contribution in [0.5, 0.6) is 0 Å². The maximum Gasteiger partial charge on any atom is 0.274 e. The molecule has 21 heavy (non-hydrogen) atoms. The van der Waals surface area contributed by atoms with Crippen molar-refractivity contribution in [3.8, 4) is 0 Å². The number of hydrogen-bond donors (Lipinski definition) is 2. The number of non-ortho nitro benzene ring substituents is 1. The van der Waals surface area contributed by atoms with E-state index in [1.54, 1.807) is 0 Å². The van der Waals surface area contributed by atoms with Gasteiger partial charge in [0.15, 0.2) is 0 Å². The number of nitrogens with one attached hydrogen (secondary N) is 1. The lowest BCUT2D eigenvalue weighted by Crippen LogP contribution is -2.42. The molecule has 2 rings (SSSR count). The number of hydrogen-bond acceptors (Lipinski definition) is 4. The highest BCUT2D eigenvalue weighted by molar-refractivity contribution is 5.51. The van der Waals surface area contributed by atoms with Crippen molar-refractivity contribution in [1.82, 2.24) is 0 Å². The highest BCUT2D eigenvalue weighted by Crippen LogP contribution is 2.40. The summed E-state index contributed by atoms with van der Waals surface area (Å²) in [5.74, 6) is -0.663. The van der Waals surface area contributed by atoms with E-state index >= 15 is 0 Å². The fourth-order valence-corrected chi connectivity index (χ4v) is 2.62. The van der Waals surface area contributed by atoms with Gasteiger partial charge in [0.1, 0.15) is 5.82 Å². The molecule has 1 aromatic carbocycles. The Morgan fingerprint density at radius 2 is 1.90 bits per heavy atom. The van der Waals surface area contributed by atoms with Crippen LogP contribution < -0.4 is 5.32 Å². The molecule has 0 aliphatic heterocycles. The van der Waals surface area contributed by atoms with Gasteiger partial charge in [0, 0.05) is 18.3 Å². The molecule has 0 heterocycles. The van der Waals surface area contributed by atoms with Crippen molar-refractivity contribution >= 4 is 11.4 Å². The molecule has 0 radical (unpaired) electrons. The molecule has 0 unspecified atom stereocenters. The monoisotopic (exact) mass is 296 g/mol. The number of halogens is 1. The summed E-state index contributed by atoms with van der Waals surface area (Å²) in [4.78, 5) is 10.1. The number of aliphatic hydroxyl groups is 1. The van der Waals surface area contributed by atoms with Crippen LogP contribution in [-0.2, 0) is 0 Å². The number of benzene rings is 1. The van der Waals surface area contributed by atoms with Gasteiger partial charge in [-0.1, -0.05) is 13.8 Å². The third kappa shape index (κ3) is 4.14. The Kier molecular flexibility index (Phi) is 4.18. The molecule has 0 bridgehead atoms. The lowest BCUT2D eigenvalue weighted by molar-refractivity contribution is -0.385. The van der Waals surface area contributed by atoms with Crippen LogP contribution in [0.3, 0.4) is 0 Å². The summed E-state index contributed by atoms with van der Waals surface area (Å²) in [6, 6.07) is 3.35. The number of nitrogens with zero attached hydrogens (tertiary/aromatic N) is 1. The van der Waals surface area contributed by atoms with Gasteiger partial charge in [0.2, 0.25) is 0 Å². The predicted octanol–water partition coefficient (Wildman–Crippen LogP) is 3.48. The minimum atomic E-state index is -0.837. The quantitative estimate of drug-likeness (QED) is 0.659. The average molecular weight is 296 g/mol. The van der Waals surface area contributed by atoms with Gasteiger partial charge >= 0.3 is 0 Å².